The molecule has 3 aromatic rings. The average Bonchev–Trinajstić information content (AvgIpc) is 3.11. The van der Waals surface area contributed by atoms with Gasteiger partial charge in [-0.2, -0.15) is 0 Å². The molecule has 1 aliphatic rings. The van der Waals surface area contributed by atoms with Gasteiger partial charge in [-0.05, 0) is 23.3 Å². The Labute approximate surface area is 181 Å². The second-order valence-corrected chi connectivity index (χ2v) is 7.51. The van der Waals surface area contributed by atoms with E-state index >= 15 is 0 Å². The average molecular weight is 422 g/mol. The first-order valence-electron chi connectivity index (χ1n) is 10.3. The van der Waals surface area contributed by atoms with Crippen molar-refractivity contribution in [2.45, 2.75) is 37.6 Å². The van der Waals surface area contributed by atoms with Crippen LogP contribution in [-0.4, -0.2) is 40.2 Å². The molecule has 31 heavy (non-hydrogen) atoms. The molecule has 162 valence electrons. The fourth-order valence-electron chi connectivity index (χ4n) is 3.60. The second-order valence-electron chi connectivity index (χ2n) is 7.51. The zero-order valence-corrected chi connectivity index (χ0v) is 17.0. The summed E-state index contributed by atoms with van der Waals surface area (Å²) in [6.45, 7) is 0.351. The Morgan fingerprint density at radius 3 is 1.94 bits per heavy atom. The summed E-state index contributed by atoms with van der Waals surface area (Å²) in [5.41, 5.74) is 2.62. The summed E-state index contributed by atoms with van der Waals surface area (Å²) in [5, 5.41) is 30.0. The number of aliphatic hydroxyl groups excluding tert-OH is 3. The van der Waals surface area contributed by atoms with Gasteiger partial charge in [0.2, 0.25) is 0 Å². The molecule has 6 nitrogen and oxygen atoms in total. The molecular formula is C25H26O6. The van der Waals surface area contributed by atoms with Gasteiger partial charge >= 0.3 is 0 Å². The molecule has 0 radical (unpaired) electrons. The molecular weight excluding hydrogens is 396 g/mol. The summed E-state index contributed by atoms with van der Waals surface area (Å²) in [6, 6.07) is 24.9. The first-order valence-corrected chi connectivity index (χ1v) is 10.3. The SMILES string of the molecule is OC[C@@H]1O[C@H](c2ccc(OCc3ccccc3)cc2OCc2ccccc2)[C@H](O)[C@@H]1O. The summed E-state index contributed by atoms with van der Waals surface area (Å²) in [4.78, 5) is 0. The second kappa shape index (κ2) is 9.94. The highest BCUT2D eigenvalue weighted by molar-refractivity contribution is 5.43. The lowest BCUT2D eigenvalue weighted by atomic mass is 10.0. The van der Waals surface area contributed by atoms with Gasteiger partial charge < -0.3 is 29.5 Å². The molecule has 3 N–H and O–H groups in total. The van der Waals surface area contributed by atoms with Crippen LogP contribution >= 0.6 is 0 Å². The molecule has 4 rings (SSSR count). The van der Waals surface area contributed by atoms with Crippen LogP contribution in [0.15, 0.2) is 78.9 Å². The van der Waals surface area contributed by atoms with Crippen molar-refractivity contribution < 1.29 is 29.5 Å². The molecule has 0 saturated carbocycles. The Hall–Kier alpha value is -2.90. The zero-order chi connectivity index (χ0) is 21.6. The van der Waals surface area contributed by atoms with E-state index < -0.39 is 24.4 Å². The predicted octanol–water partition coefficient (Wildman–Crippen LogP) is 3.00. The van der Waals surface area contributed by atoms with E-state index in [2.05, 4.69) is 0 Å². The Morgan fingerprint density at radius 2 is 1.35 bits per heavy atom. The third-order valence-electron chi connectivity index (χ3n) is 5.32. The highest BCUT2D eigenvalue weighted by atomic mass is 16.6. The smallest absolute Gasteiger partial charge is 0.129 e. The maximum Gasteiger partial charge on any atom is 0.129 e. The van der Waals surface area contributed by atoms with Crippen molar-refractivity contribution >= 4 is 0 Å². The third kappa shape index (κ3) is 5.06. The number of ether oxygens (including phenoxy) is 3. The quantitative estimate of drug-likeness (QED) is 0.517. The van der Waals surface area contributed by atoms with Gasteiger partial charge in [0.15, 0.2) is 0 Å². The molecule has 1 saturated heterocycles. The van der Waals surface area contributed by atoms with Crippen LogP contribution < -0.4 is 9.47 Å². The molecule has 4 atom stereocenters. The molecule has 0 spiro atoms. The molecule has 3 aromatic carbocycles. The molecule has 0 bridgehead atoms. The predicted molar refractivity (Wildman–Crippen MR) is 115 cm³/mol. The number of hydrogen-bond donors (Lipinski definition) is 3. The highest BCUT2D eigenvalue weighted by Gasteiger charge is 2.44. The number of hydrogen-bond acceptors (Lipinski definition) is 6. The minimum Gasteiger partial charge on any atom is -0.489 e. The minimum absolute atomic E-state index is 0.324. The van der Waals surface area contributed by atoms with Gasteiger partial charge in [-0.15, -0.1) is 0 Å². The summed E-state index contributed by atoms with van der Waals surface area (Å²) >= 11 is 0. The van der Waals surface area contributed by atoms with Crippen LogP contribution in [0.3, 0.4) is 0 Å². The molecule has 1 aliphatic heterocycles. The van der Waals surface area contributed by atoms with E-state index in [1.165, 1.54) is 0 Å². The van der Waals surface area contributed by atoms with Crippen molar-refractivity contribution in [3.8, 4) is 11.5 Å². The molecule has 1 heterocycles. The van der Waals surface area contributed by atoms with Crippen molar-refractivity contribution in [3.63, 3.8) is 0 Å². The number of benzene rings is 3. The Kier molecular flexibility index (Phi) is 6.84. The maximum absolute atomic E-state index is 10.5. The standard InChI is InChI=1S/C25H26O6/c26-14-22-23(27)24(28)25(31-22)20-12-11-19(29-15-17-7-3-1-4-8-17)13-21(20)30-16-18-9-5-2-6-10-18/h1-13,22-28H,14-16H2/t22-,23+,24+,25+/m0/s1. The van der Waals surface area contributed by atoms with E-state index in [-0.39, 0.29) is 6.61 Å². The highest BCUT2D eigenvalue weighted by Crippen LogP contribution is 2.40. The lowest BCUT2D eigenvalue weighted by Crippen LogP contribution is -2.32. The fraction of sp³-hybridized carbons (Fsp3) is 0.280. The molecule has 0 aliphatic carbocycles. The molecule has 0 unspecified atom stereocenters. The normalized spacial score (nSPS) is 22.9. The van der Waals surface area contributed by atoms with Crippen LogP contribution in [0.1, 0.15) is 22.8 Å². The van der Waals surface area contributed by atoms with Gasteiger partial charge in [0.1, 0.15) is 49.1 Å². The van der Waals surface area contributed by atoms with Crippen LogP contribution in [0.5, 0.6) is 11.5 Å². The van der Waals surface area contributed by atoms with Gasteiger partial charge in [0, 0.05) is 11.6 Å². The monoisotopic (exact) mass is 422 g/mol. The third-order valence-corrected chi connectivity index (χ3v) is 5.32. The van der Waals surface area contributed by atoms with Crippen molar-refractivity contribution in [1.82, 2.24) is 0 Å². The molecule has 1 fully saturated rings. The van der Waals surface area contributed by atoms with Crippen LogP contribution in [0, 0.1) is 0 Å². The molecule has 0 aromatic heterocycles. The van der Waals surface area contributed by atoms with Crippen molar-refractivity contribution in [1.29, 1.82) is 0 Å². The van der Waals surface area contributed by atoms with Gasteiger partial charge in [-0.3, -0.25) is 0 Å². The lowest BCUT2D eigenvalue weighted by Gasteiger charge is -2.20. The Bertz CT molecular complexity index is 962. The summed E-state index contributed by atoms with van der Waals surface area (Å²) in [7, 11) is 0. The number of aliphatic hydroxyl groups is 3. The van der Waals surface area contributed by atoms with Crippen molar-refractivity contribution in [2.75, 3.05) is 6.61 Å². The topological polar surface area (TPSA) is 88.4 Å². The van der Waals surface area contributed by atoms with E-state index in [1.807, 2.05) is 60.7 Å². The van der Waals surface area contributed by atoms with Crippen molar-refractivity contribution in [3.05, 3.63) is 95.6 Å². The van der Waals surface area contributed by atoms with Gasteiger partial charge in [-0.1, -0.05) is 60.7 Å². The summed E-state index contributed by atoms with van der Waals surface area (Å²) < 4.78 is 17.7. The maximum atomic E-state index is 10.5. The van der Waals surface area contributed by atoms with Gasteiger partial charge in [-0.25, -0.2) is 0 Å². The van der Waals surface area contributed by atoms with Crippen molar-refractivity contribution in [2.24, 2.45) is 0 Å². The minimum atomic E-state index is -1.18. The molecule has 6 heteroatoms. The van der Waals surface area contributed by atoms with E-state index in [0.29, 0.717) is 30.3 Å². The van der Waals surface area contributed by atoms with Crippen LogP contribution in [0.4, 0.5) is 0 Å². The largest absolute Gasteiger partial charge is 0.489 e. The Balaban J connectivity index is 1.57. The van der Waals surface area contributed by atoms with E-state index in [0.717, 1.165) is 11.1 Å². The lowest BCUT2D eigenvalue weighted by molar-refractivity contribution is -0.0235. The summed E-state index contributed by atoms with van der Waals surface area (Å²) in [6.07, 6.45) is -4.02. The van der Waals surface area contributed by atoms with Gasteiger partial charge in [0.25, 0.3) is 0 Å². The van der Waals surface area contributed by atoms with Crippen LogP contribution in [0.25, 0.3) is 0 Å². The fourth-order valence-corrected chi connectivity index (χ4v) is 3.60. The first kappa shape index (κ1) is 21.3. The van der Waals surface area contributed by atoms with Gasteiger partial charge in [0.05, 0.1) is 6.61 Å². The van der Waals surface area contributed by atoms with E-state index in [4.69, 9.17) is 14.2 Å². The first-order chi connectivity index (χ1) is 15.2. The Morgan fingerprint density at radius 1 is 0.742 bits per heavy atom. The van der Waals surface area contributed by atoms with Crippen LogP contribution in [0.2, 0.25) is 0 Å². The summed E-state index contributed by atoms with van der Waals surface area (Å²) in [5.74, 6) is 1.10. The zero-order valence-electron chi connectivity index (χ0n) is 17.0. The van der Waals surface area contributed by atoms with Crippen LogP contribution in [-0.2, 0) is 18.0 Å². The number of rotatable bonds is 8. The van der Waals surface area contributed by atoms with E-state index in [1.54, 1.807) is 18.2 Å². The van der Waals surface area contributed by atoms with E-state index in [9.17, 15) is 15.3 Å². The molecule has 0 amide bonds.